The van der Waals surface area contributed by atoms with Crippen LogP contribution in [0.15, 0.2) is 23.1 Å². The summed E-state index contributed by atoms with van der Waals surface area (Å²) in [4.78, 5) is 13.8. The van der Waals surface area contributed by atoms with E-state index in [1.807, 2.05) is 0 Å². The Morgan fingerprint density at radius 1 is 1.29 bits per heavy atom. The zero-order valence-electron chi connectivity index (χ0n) is 10.9. The summed E-state index contributed by atoms with van der Waals surface area (Å²) in [6.07, 6.45) is 5.44. The number of aromatic nitrogens is 1. The molecule has 0 spiro atoms. The molecule has 96 valence electrons. The van der Waals surface area contributed by atoms with Crippen LogP contribution in [0.5, 0.6) is 0 Å². The molecule has 1 aromatic rings. The van der Waals surface area contributed by atoms with E-state index in [-0.39, 0.29) is 5.56 Å². The van der Waals surface area contributed by atoms with Gasteiger partial charge in [-0.25, -0.2) is 0 Å². The molecule has 17 heavy (non-hydrogen) atoms. The van der Waals surface area contributed by atoms with E-state index in [4.69, 9.17) is 5.73 Å². The monoisotopic (exact) mass is 237 g/mol. The second kappa shape index (κ2) is 7.12. The standard InChI is InChI=1S/C13H23N3O/c1-3-4-5-8-15(2)9-10-16-11-12(14)6-7-13(16)17/h6-7,11H,3-5,8-10,14H2,1-2H3. The molecule has 1 rings (SSSR count). The number of unbranched alkanes of at least 4 members (excludes halogenated alkanes) is 2. The van der Waals surface area contributed by atoms with Crippen molar-refractivity contribution in [2.75, 3.05) is 25.9 Å². The molecular formula is C13H23N3O. The molecule has 0 fully saturated rings. The maximum atomic E-state index is 11.5. The Labute approximate surface area is 103 Å². The molecule has 4 heteroatoms. The number of hydrogen-bond donors (Lipinski definition) is 1. The van der Waals surface area contributed by atoms with Crippen LogP contribution >= 0.6 is 0 Å². The van der Waals surface area contributed by atoms with Crippen molar-refractivity contribution in [2.24, 2.45) is 0 Å². The van der Waals surface area contributed by atoms with E-state index in [9.17, 15) is 4.79 Å². The van der Waals surface area contributed by atoms with Gasteiger partial charge in [-0.1, -0.05) is 19.8 Å². The van der Waals surface area contributed by atoms with Crippen LogP contribution in [0, 0.1) is 0 Å². The Morgan fingerprint density at radius 2 is 2.06 bits per heavy atom. The van der Waals surface area contributed by atoms with Gasteiger partial charge < -0.3 is 15.2 Å². The maximum Gasteiger partial charge on any atom is 0.250 e. The molecule has 0 saturated carbocycles. The van der Waals surface area contributed by atoms with Gasteiger partial charge in [0.25, 0.3) is 5.56 Å². The van der Waals surface area contributed by atoms with Crippen LogP contribution in [0.25, 0.3) is 0 Å². The van der Waals surface area contributed by atoms with Gasteiger partial charge in [0.05, 0.1) is 0 Å². The summed E-state index contributed by atoms with van der Waals surface area (Å²) in [5.41, 5.74) is 6.31. The van der Waals surface area contributed by atoms with E-state index >= 15 is 0 Å². The first-order valence-electron chi connectivity index (χ1n) is 6.28. The van der Waals surface area contributed by atoms with Crippen LogP contribution in [-0.4, -0.2) is 29.6 Å². The highest BCUT2D eigenvalue weighted by Crippen LogP contribution is 1.98. The first kappa shape index (κ1) is 13.8. The second-order valence-electron chi connectivity index (χ2n) is 4.50. The number of anilines is 1. The number of nitrogens with zero attached hydrogens (tertiary/aromatic N) is 2. The molecule has 0 bridgehead atoms. The third-order valence-corrected chi connectivity index (χ3v) is 2.87. The van der Waals surface area contributed by atoms with Crippen molar-refractivity contribution < 1.29 is 0 Å². The van der Waals surface area contributed by atoms with Gasteiger partial charge in [-0.2, -0.15) is 0 Å². The van der Waals surface area contributed by atoms with E-state index < -0.39 is 0 Å². The molecule has 0 unspecified atom stereocenters. The van der Waals surface area contributed by atoms with Crippen molar-refractivity contribution in [3.63, 3.8) is 0 Å². The normalized spacial score (nSPS) is 11.0. The third-order valence-electron chi connectivity index (χ3n) is 2.87. The topological polar surface area (TPSA) is 51.3 Å². The zero-order chi connectivity index (χ0) is 12.7. The number of likely N-dealkylation sites (N-methyl/N-ethyl adjacent to an activating group) is 1. The minimum Gasteiger partial charge on any atom is -0.398 e. The zero-order valence-corrected chi connectivity index (χ0v) is 10.9. The van der Waals surface area contributed by atoms with Gasteiger partial charge in [-0.05, 0) is 26.1 Å². The Hall–Kier alpha value is -1.29. The van der Waals surface area contributed by atoms with E-state index in [1.54, 1.807) is 16.8 Å². The minimum atomic E-state index is 0.0150. The fourth-order valence-electron chi connectivity index (χ4n) is 1.75. The SMILES string of the molecule is CCCCCN(C)CCn1cc(N)ccc1=O. The first-order valence-corrected chi connectivity index (χ1v) is 6.28. The van der Waals surface area contributed by atoms with Gasteiger partial charge in [0.2, 0.25) is 0 Å². The molecule has 0 aromatic carbocycles. The lowest BCUT2D eigenvalue weighted by Gasteiger charge is -2.17. The van der Waals surface area contributed by atoms with Gasteiger partial charge in [0.1, 0.15) is 0 Å². The molecule has 0 aliphatic carbocycles. The van der Waals surface area contributed by atoms with Crippen molar-refractivity contribution in [3.05, 3.63) is 28.7 Å². The van der Waals surface area contributed by atoms with E-state index in [0.717, 1.165) is 13.1 Å². The Morgan fingerprint density at radius 3 is 2.76 bits per heavy atom. The number of pyridine rings is 1. The summed E-state index contributed by atoms with van der Waals surface area (Å²) in [6.45, 7) is 4.87. The summed E-state index contributed by atoms with van der Waals surface area (Å²) >= 11 is 0. The maximum absolute atomic E-state index is 11.5. The van der Waals surface area contributed by atoms with Crippen molar-refractivity contribution in [2.45, 2.75) is 32.7 Å². The summed E-state index contributed by atoms with van der Waals surface area (Å²) in [6, 6.07) is 3.16. The van der Waals surface area contributed by atoms with E-state index in [1.165, 1.54) is 25.3 Å². The Bertz CT molecular complexity index is 386. The molecule has 0 saturated heterocycles. The highest BCUT2D eigenvalue weighted by molar-refractivity contribution is 5.33. The fourth-order valence-corrected chi connectivity index (χ4v) is 1.75. The molecule has 4 nitrogen and oxygen atoms in total. The number of nitrogen functional groups attached to an aromatic ring is 1. The average molecular weight is 237 g/mol. The van der Waals surface area contributed by atoms with Gasteiger partial charge in [0.15, 0.2) is 0 Å². The molecule has 0 radical (unpaired) electrons. The van der Waals surface area contributed by atoms with Gasteiger partial charge in [-0.15, -0.1) is 0 Å². The molecule has 2 N–H and O–H groups in total. The fraction of sp³-hybridized carbons (Fsp3) is 0.615. The lowest BCUT2D eigenvalue weighted by atomic mass is 10.2. The van der Waals surface area contributed by atoms with Crippen molar-refractivity contribution in [1.82, 2.24) is 9.47 Å². The Balaban J connectivity index is 2.39. The molecule has 1 aromatic heterocycles. The molecule has 0 aliphatic heterocycles. The van der Waals surface area contributed by atoms with Crippen LogP contribution in [0.3, 0.4) is 0 Å². The summed E-state index contributed by atoms with van der Waals surface area (Å²) in [5, 5.41) is 0. The van der Waals surface area contributed by atoms with Crippen LogP contribution in [-0.2, 0) is 6.54 Å². The minimum absolute atomic E-state index is 0.0150. The van der Waals surface area contributed by atoms with E-state index in [2.05, 4.69) is 18.9 Å². The number of rotatable bonds is 7. The summed E-state index contributed by atoms with van der Waals surface area (Å²) < 4.78 is 1.67. The van der Waals surface area contributed by atoms with Gasteiger partial charge in [-0.3, -0.25) is 4.79 Å². The first-order chi connectivity index (χ1) is 8.13. The number of nitrogens with two attached hydrogens (primary N) is 1. The Kier molecular flexibility index (Phi) is 5.77. The van der Waals surface area contributed by atoms with Crippen molar-refractivity contribution in [1.29, 1.82) is 0 Å². The largest absolute Gasteiger partial charge is 0.398 e. The second-order valence-corrected chi connectivity index (χ2v) is 4.50. The van der Waals surface area contributed by atoms with Crippen LogP contribution < -0.4 is 11.3 Å². The molecule has 0 atom stereocenters. The smallest absolute Gasteiger partial charge is 0.250 e. The van der Waals surface area contributed by atoms with Crippen molar-refractivity contribution in [3.8, 4) is 0 Å². The predicted octanol–water partition coefficient (Wildman–Crippen LogP) is 1.55. The van der Waals surface area contributed by atoms with Gasteiger partial charge in [0, 0.05) is 31.0 Å². The van der Waals surface area contributed by atoms with Gasteiger partial charge >= 0.3 is 0 Å². The van der Waals surface area contributed by atoms with E-state index in [0.29, 0.717) is 12.2 Å². The molecule has 1 heterocycles. The highest BCUT2D eigenvalue weighted by Gasteiger charge is 2.00. The molecule has 0 aliphatic rings. The lowest BCUT2D eigenvalue weighted by Crippen LogP contribution is -2.28. The summed E-state index contributed by atoms with van der Waals surface area (Å²) in [5.74, 6) is 0. The average Bonchev–Trinajstić information content (AvgIpc) is 2.31. The lowest BCUT2D eigenvalue weighted by molar-refractivity contribution is 0.309. The molecular weight excluding hydrogens is 214 g/mol. The number of hydrogen-bond acceptors (Lipinski definition) is 3. The van der Waals surface area contributed by atoms with Crippen LogP contribution in [0.4, 0.5) is 5.69 Å². The van der Waals surface area contributed by atoms with Crippen molar-refractivity contribution >= 4 is 5.69 Å². The highest BCUT2D eigenvalue weighted by atomic mass is 16.1. The van der Waals surface area contributed by atoms with Crippen LogP contribution in [0.1, 0.15) is 26.2 Å². The quantitative estimate of drug-likeness (QED) is 0.732. The van der Waals surface area contributed by atoms with Crippen LogP contribution in [0.2, 0.25) is 0 Å². The third kappa shape index (κ3) is 5.04. The predicted molar refractivity (Wildman–Crippen MR) is 72.1 cm³/mol. The summed E-state index contributed by atoms with van der Waals surface area (Å²) in [7, 11) is 2.09. The molecule has 0 amide bonds.